The third-order valence-corrected chi connectivity index (χ3v) is 3.73. The van der Waals surface area contributed by atoms with Gasteiger partial charge < -0.3 is 10.6 Å². The lowest BCUT2D eigenvalue weighted by Crippen LogP contribution is -2.59. The molecule has 0 aliphatic carbocycles. The fourth-order valence-electron chi connectivity index (χ4n) is 2.00. The minimum absolute atomic E-state index is 0.0779. The molecule has 1 fully saturated rings. The van der Waals surface area contributed by atoms with Gasteiger partial charge in [-0.25, -0.2) is 0 Å². The molecule has 1 aliphatic rings. The van der Waals surface area contributed by atoms with E-state index >= 15 is 0 Å². The number of benzene rings is 1. The number of nitrogens with one attached hydrogen (secondary N) is 2. The maximum absolute atomic E-state index is 12.1. The second-order valence-corrected chi connectivity index (χ2v) is 5.55. The van der Waals surface area contributed by atoms with Crippen LogP contribution >= 0.6 is 15.9 Å². The third kappa shape index (κ3) is 2.41. The summed E-state index contributed by atoms with van der Waals surface area (Å²) in [6.07, 6.45) is 0. The van der Waals surface area contributed by atoms with Crippen molar-refractivity contribution < 1.29 is 9.59 Å². The van der Waals surface area contributed by atoms with Gasteiger partial charge in [0, 0.05) is 4.47 Å². The second-order valence-electron chi connectivity index (χ2n) is 4.69. The van der Waals surface area contributed by atoms with Crippen LogP contribution in [-0.4, -0.2) is 17.9 Å². The molecule has 2 unspecified atom stereocenters. The summed E-state index contributed by atoms with van der Waals surface area (Å²) in [5.74, 6) is -0.223. The molecule has 2 rings (SSSR count). The molecule has 0 aromatic heterocycles. The van der Waals surface area contributed by atoms with E-state index in [2.05, 4.69) is 26.6 Å². The van der Waals surface area contributed by atoms with Crippen molar-refractivity contribution in [1.82, 2.24) is 10.6 Å². The Labute approximate surface area is 114 Å². The first-order valence-electron chi connectivity index (χ1n) is 5.86. The fourth-order valence-corrected chi connectivity index (χ4v) is 2.51. The molecule has 2 N–H and O–H groups in total. The third-order valence-electron chi connectivity index (χ3n) is 3.01. The molecule has 0 radical (unpaired) electrons. The Morgan fingerprint density at radius 1 is 1.11 bits per heavy atom. The van der Waals surface area contributed by atoms with Gasteiger partial charge in [-0.05, 0) is 17.5 Å². The lowest BCUT2D eigenvalue weighted by Gasteiger charge is -2.32. The van der Waals surface area contributed by atoms with Gasteiger partial charge in [0.1, 0.15) is 12.1 Å². The van der Waals surface area contributed by atoms with Crippen LogP contribution in [0.3, 0.4) is 0 Å². The van der Waals surface area contributed by atoms with Crippen molar-refractivity contribution in [2.45, 2.75) is 25.9 Å². The molecule has 1 aliphatic heterocycles. The number of carbonyl (C=O) groups excluding carboxylic acids is 2. The zero-order valence-electron chi connectivity index (χ0n) is 10.2. The Bertz CT molecular complexity index is 488. The quantitative estimate of drug-likeness (QED) is 0.874. The molecule has 0 saturated carbocycles. The molecule has 5 heteroatoms. The molecule has 1 saturated heterocycles. The SMILES string of the molecule is CC(C)C1NC(=O)C(c2ccccc2Br)NC1=O. The number of carbonyl (C=O) groups is 2. The van der Waals surface area contributed by atoms with Crippen molar-refractivity contribution in [2.75, 3.05) is 0 Å². The molecule has 1 aromatic rings. The van der Waals surface area contributed by atoms with Crippen molar-refractivity contribution >= 4 is 27.7 Å². The summed E-state index contributed by atoms with van der Waals surface area (Å²) >= 11 is 3.39. The summed E-state index contributed by atoms with van der Waals surface area (Å²) < 4.78 is 0.813. The lowest BCUT2D eigenvalue weighted by molar-refractivity contribution is -0.138. The first-order chi connectivity index (χ1) is 8.50. The number of hydrogen-bond donors (Lipinski definition) is 2. The van der Waals surface area contributed by atoms with Crippen LogP contribution in [0.5, 0.6) is 0 Å². The molecule has 96 valence electrons. The molecular weight excluding hydrogens is 296 g/mol. The van der Waals surface area contributed by atoms with Crippen LogP contribution in [0.25, 0.3) is 0 Å². The largest absolute Gasteiger partial charge is 0.342 e. The summed E-state index contributed by atoms with van der Waals surface area (Å²) in [4.78, 5) is 24.0. The smallest absolute Gasteiger partial charge is 0.247 e. The minimum Gasteiger partial charge on any atom is -0.342 e. The van der Waals surface area contributed by atoms with E-state index < -0.39 is 12.1 Å². The number of amides is 2. The van der Waals surface area contributed by atoms with E-state index in [0.717, 1.165) is 10.0 Å². The minimum atomic E-state index is -0.622. The number of piperazine rings is 1. The predicted molar refractivity (Wildman–Crippen MR) is 71.8 cm³/mol. The van der Waals surface area contributed by atoms with Gasteiger partial charge in [-0.3, -0.25) is 9.59 Å². The van der Waals surface area contributed by atoms with E-state index in [9.17, 15) is 9.59 Å². The summed E-state index contributed by atoms with van der Waals surface area (Å²) in [6, 6.07) is 6.31. The highest BCUT2D eigenvalue weighted by atomic mass is 79.9. The number of halogens is 1. The molecule has 1 aromatic carbocycles. The first-order valence-corrected chi connectivity index (χ1v) is 6.65. The van der Waals surface area contributed by atoms with Crippen molar-refractivity contribution in [3.8, 4) is 0 Å². The maximum atomic E-state index is 12.1. The van der Waals surface area contributed by atoms with E-state index in [1.807, 2.05) is 38.1 Å². The Morgan fingerprint density at radius 3 is 2.39 bits per heavy atom. The Balaban J connectivity index is 2.26. The molecule has 18 heavy (non-hydrogen) atoms. The molecule has 2 amide bonds. The molecule has 0 bridgehead atoms. The van der Waals surface area contributed by atoms with Crippen LogP contribution in [0.15, 0.2) is 28.7 Å². The van der Waals surface area contributed by atoms with Crippen LogP contribution in [0.4, 0.5) is 0 Å². The van der Waals surface area contributed by atoms with Crippen molar-refractivity contribution in [3.63, 3.8) is 0 Å². The average molecular weight is 311 g/mol. The van der Waals surface area contributed by atoms with E-state index in [-0.39, 0.29) is 17.7 Å². The summed E-state index contributed by atoms with van der Waals surface area (Å²) in [7, 11) is 0. The van der Waals surface area contributed by atoms with E-state index in [1.54, 1.807) is 0 Å². The van der Waals surface area contributed by atoms with E-state index in [4.69, 9.17) is 0 Å². The normalized spacial score (nSPS) is 23.8. The fraction of sp³-hybridized carbons (Fsp3) is 0.385. The lowest BCUT2D eigenvalue weighted by atomic mass is 9.97. The molecule has 4 nitrogen and oxygen atoms in total. The molecule has 0 spiro atoms. The molecule has 1 heterocycles. The van der Waals surface area contributed by atoms with Crippen molar-refractivity contribution in [2.24, 2.45) is 5.92 Å². The zero-order chi connectivity index (χ0) is 13.3. The molecule has 2 atom stereocenters. The zero-order valence-corrected chi connectivity index (χ0v) is 11.8. The van der Waals surface area contributed by atoms with Gasteiger partial charge in [-0.15, -0.1) is 0 Å². The highest BCUT2D eigenvalue weighted by Crippen LogP contribution is 2.25. The number of rotatable bonds is 2. The summed E-state index contributed by atoms with van der Waals surface area (Å²) in [6.45, 7) is 3.81. The van der Waals surface area contributed by atoms with Gasteiger partial charge in [0.15, 0.2) is 0 Å². The standard InChI is InChI=1S/C13H15BrN2O2/c1-7(2)10-12(17)16-11(13(18)15-10)8-5-3-4-6-9(8)14/h3-7,10-11H,1-2H3,(H,15,18)(H,16,17). The topological polar surface area (TPSA) is 58.2 Å². The Hall–Kier alpha value is -1.36. The summed E-state index contributed by atoms with van der Waals surface area (Å²) in [5.41, 5.74) is 0.769. The maximum Gasteiger partial charge on any atom is 0.247 e. The first kappa shape index (κ1) is 13.1. The van der Waals surface area contributed by atoms with Crippen molar-refractivity contribution in [1.29, 1.82) is 0 Å². The molecular formula is C13H15BrN2O2. The highest BCUT2D eigenvalue weighted by Gasteiger charge is 2.36. The van der Waals surface area contributed by atoms with E-state index in [0.29, 0.717) is 0 Å². The van der Waals surface area contributed by atoms with Crippen LogP contribution in [-0.2, 0) is 9.59 Å². The van der Waals surface area contributed by atoms with Gasteiger partial charge in [0.05, 0.1) is 0 Å². The number of hydrogen-bond acceptors (Lipinski definition) is 2. The van der Waals surface area contributed by atoms with Crippen LogP contribution in [0, 0.1) is 5.92 Å². The Morgan fingerprint density at radius 2 is 1.78 bits per heavy atom. The monoisotopic (exact) mass is 310 g/mol. The van der Waals surface area contributed by atoms with Crippen molar-refractivity contribution in [3.05, 3.63) is 34.3 Å². The van der Waals surface area contributed by atoms with Gasteiger partial charge in [-0.1, -0.05) is 48.0 Å². The highest BCUT2D eigenvalue weighted by molar-refractivity contribution is 9.10. The average Bonchev–Trinajstić information content (AvgIpc) is 2.32. The Kier molecular flexibility index (Phi) is 3.71. The van der Waals surface area contributed by atoms with Gasteiger partial charge in [0.25, 0.3) is 0 Å². The van der Waals surface area contributed by atoms with Crippen LogP contribution in [0.2, 0.25) is 0 Å². The summed E-state index contributed by atoms with van der Waals surface area (Å²) in [5, 5.41) is 5.54. The van der Waals surface area contributed by atoms with Gasteiger partial charge >= 0.3 is 0 Å². The van der Waals surface area contributed by atoms with Gasteiger partial charge in [-0.2, -0.15) is 0 Å². The van der Waals surface area contributed by atoms with Crippen LogP contribution < -0.4 is 10.6 Å². The predicted octanol–water partition coefficient (Wildman–Crippen LogP) is 1.76. The van der Waals surface area contributed by atoms with Crippen LogP contribution in [0.1, 0.15) is 25.5 Å². The van der Waals surface area contributed by atoms with Gasteiger partial charge in [0.2, 0.25) is 11.8 Å². The second kappa shape index (κ2) is 5.10. The van der Waals surface area contributed by atoms with E-state index in [1.165, 1.54) is 0 Å².